The van der Waals surface area contributed by atoms with Crippen LogP contribution in [0.3, 0.4) is 0 Å². The lowest BCUT2D eigenvalue weighted by Crippen LogP contribution is -2.05. The summed E-state index contributed by atoms with van der Waals surface area (Å²) in [5.74, 6) is 0.125. The van der Waals surface area contributed by atoms with E-state index in [0.29, 0.717) is 0 Å². The van der Waals surface area contributed by atoms with Gasteiger partial charge in [0.15, 0.2) is 0 Å². The van der Waals surface area contributed by atoms with Gasteiger partial charge >= 0.3 is 0 Å². The van der Waals surface area contributed by atoms with E-state index in [1.165, 1.54) is 13.1 Å². The van der Waals surface area contributed by atoms with Crippen molar-refractivity contribution in [3.05, 3.63) is 0 Å². The lowest BCUT2D eigenvalue weighted by Gasteiger charge is -1.93. The Kier molecular flexibility index (Phi) is 2.59. The van der Waals surface area contributed by atoms with Crippen LogP contribution in [0.25, 0.3) is 0 Å². The van der Waals surface area contributed by atoms with Crippen molar-refractivity contribution in [2.75, 3.05) is 30.3 Å². The van der Waals surface area contributed by atoms with E-state index >= 15 is 0 Å². The molecule has 0 bridgehead atoms. The zero-order valence-corrected chi connectivity index (χ0v) is 6.49. The molecule has 1 fully saturated rings. The van der Waals surface area contributed by atoms with Crippen LogP contribution in [0.2, 0.25) is 0 Å². The molecule has 0 aliphatic carbocycles. The van der Waals surface area contributed by atoms with Crippen LogP contribution in [0.15, 0.2) is 0 Å². The van der Waals surface area contributed by atoms with Gasteiger partial charge in [-0.05, 0) is 0 Å². The van der Waals surface area contributed by atoms with Crippen molar-refractivity contribution in [1.82, 2.24) is 20.3 Å². The zero-order valence-electron chi connectivity index (χ0n) is 6.49. The molecular formula is C5H11N7. The molecule has 7 heteroatoms. The van der Waals surface area contributed by atoms with Crippen molar-refractivity contribution in [3.63, 3.8) is 0 Å². The fraction of sp³-hybridized carbons (Fsp3) is 0.400. The molecule has 0 aromatic carbocycles. The van der Waals surface area contributed by atoms with Crippen LogP contribution in [0.1, 0.15) is 0 Å². The molecule has 1 aliphatic rings. The number of nitrogens with zero attached hydrogens (tertiary/aromatic N) is 3. The van der Waals surface area contributed by atoms with Crippen LogP contribution >= 0.6 is 0 Å². The van der Waals surface area contributed by atoms with Gasteiger partial charge in [-0.25, -0.2) is 0 Å². The third-order valence-corrected chi connectivity index (χ3v) is 0.937. The summed E-state index contributed by atoms with van der Waals surface area (Å²) < 4.78 is 0. The number of rotatable bonds is 0. The molecule has 2 rings (SSSR count). The Morgan fingerprint density at radius 3 is 1.25 bits per heavy atom. The van der Waals surface area contributed by atoms with E-state index in [0.717, 1.165) is 0 Å². The molecule has 1 saturated heterocycles. The average Bonchev–Trinajstić information content (AvgIpc) is 2.65. The predicted molar refractivity (Wildman–Crippen MR) is 45.9 cm³/mol. The fourth-order valence-corrected chi connectivity index (χ4v) is 0.427. The summed E-state index contributed by atoms with van der Waals surface area (Å²) in [5, 5.41) is 3.00. The van der Waals surface area contributed by atoms with E-state index < -0.39 is 0 Å². The number of nitrogen functional groups attached to an aromatic ring is 3. The largest absolute Gasteiger partial charge is 0.368 e. The summed E-state index contributed by atoms with van der Waals surface area (Å²) in [6.45, 7) is 2.50. The van der Waals surface area contributed by atoms with Crippen LogP contribution in [0.4, 0.5) is 17.8 Å². The lowest BCUT2D eigenvalue weighted by molar-refractivity contribution is 1.09. The molecule has 0 unspecified atom stereocenters. The Morgan fingerprint density at radius 1 is 0.833 bits per heavy atom. The summed E-state index contributed by atoms with van der Waals surface area (Å²) in [7, 11) is 0. The molecule has 1 aromatic rings. The number of aromatic nitrogens is 3. The van der Waals surface area contributed by atoms with E-state index in [1.54, 1.807) is 0 Å². The highest BCUT2D eigenvalue weighted by Crippen LogP contribution is 1.97. The topological polar surface area (TPSA) is 139 Å². The second kappa shape index (κ2) is 3.67. The molecule has 1 aliphatic heterocycles. The van der Waals surface area contributed by atoms with Gasteiger partial charge < -0.3 is 22.5 Å². The normalized spacial score (nSPS) is 13.0. The fourth-order valence-electron chi connectivity index (χ4n) is 0.427. The summed E-state index contributed by atoms with van der Waals surface area (Å²) in [6.07, 6.45) is 0. The number of nitrogens with two attached hydrogens (primary N) is 3. The molecule has 7 N–H and O–H groups in total. The molecular weight excluding hydrogens is 158 g/mol. The maximum atomic E-state index is 5.14. The van der Waals surface area contributed by atoms with Crippen LogP contribution in [-0.4, -0.2) is 28.0 Å². The van der Waals surface area contributed by atoms with Crippen LogP contribution in [-0.2, 0) is 0 Å². The number of hydrogen-bond donors (Lipinski definition) is 4. The summed E-state index contributed by atoms with van der Waals surface area (Å²) >= 11 is 0. The Morgan fingerprint density at radius 2 is 1.08 bits per heavy atom. The van der Waals surface area contributed by atoms with E-state index in [1.807, 2.05) is 0 Å². The molecule has 0 spiro atoms. The summed E-state index contributed by atoms with van der Waals surface area (Å²) in [4.78, 5) is 10.5. The van der Waals surface area contributed by atoms with E-state index in [9.17, 15) is 0 Å². The highest BCUT2D eigenvalue weighted by molar-refractivity contribution is 5.33. The van der Waals surface area contributed by atoms with Crippen molar-refractivity contribution in [1.29, 1.82) is 0 Å². The SMILES string of the molecule is C1CN1.Nc1nc(N)nc(N)n1. The van der Waals surface area contributed by atoms with Gasteiger partial charge in [0.05, 0.1) is 0 Å². The Bertz CT molecular complexity index is 205. The smallest absolute Gasteiger partial charge is 0.226 e. The molecule has 2 heterocycles. The molecule has 12 heavy (non-hydrogen) atoms. The standard InChI is InChI=1S/C3H6N6.C2H5N/c4-1-7-2(5)9-3(6)8-1;1-2-3-1/h(H6,4,5,6,7,8,9);3H,1-2H2. The highest BCUT2D eigenvalue weighted by atomic mass is 15.2. The first-order chi connectivity index (χ1) is 5.68. The van der Waals surface area contributed by atoms with Gasteiger partial charge in [0.2, 0.25) is 17.8 Å². The molecule has 0 radical (unpaired) electrons. The molecule has 1 aromatic heterocycles. The minimum absolute atomic E-state index is 0.0417. The first kappa shape index (κ1) is 8.47. The maximum Gasteiger partial charge on any atom is 0.226 e. The molecule has 66 valence electrons. The van der Waals surface area contributed by atoms with Gasteiger partial charge in [0, 0.05) is 13.1 Å². The number of hydrogen-bond acceptors (Lipinski definition) is 7. The van der Waals surface area contributed by atoms with Crippen molar-refractivity contribution in [3.8, 4) is 0 Å². The van der Waals surface area contributed by atoms with E-state index in [-0.39, 0.29) is 17.8 Å². The monoisotopic (exact) mass is 169 g/mol. The van der Waals surface area contributed by atoms with Crippen LogP contribution in [0, 0.1) is 0 Å². The van der Waals surface area contributed by atoms with Gasteiger partial charge in [-0.15, -0.1) is 0 Å². The molecule has 7 nitrogen and oxygen atoms in total. The van der Waals surface area contributed by atoms with Gasteiger partial charge in [0.1, 0.15) is 0 Å². The minimum Gasteiger partial charge on any atom is -0.368 e. The maximum absolute atomic E-state index is 5.14. The first-order valence-electron chi connectivity index (χ1n) is 3.41. The molecule has 0 saturated carbocycles. The number of nitrogens with one attached hydrogen (secondary N) is 1. The molecule has 0 atom stereocenters. The predicted octanol–water partition coefficient (Wildman–Crippen LogP) is -1.79. The second-order valence-electron chi connectivity index (χ2n) is 2.16. The minimum atomic E-state index is 0.0417. The first-order valence-corrected chi connectivity index (χ1v) is 3.41. The highest BCUT2D eigenvalue weighted by Gasteiger charge is 1.93. The van der Waals surface area contributed by atoms with Gasteiger partial charge in [-0.1, -0.05) is 0 Å². The summed E-state index contributed by atoms with van der Waals surface area (Å²) in [6, 6.07) is 0. The second-order valence-corrected chi connectivity index (χ2v) is 2.16. The van der Waals surface area contributed by atoms with Crippen molar-refractivity contribution < 1.29 is 0 Å². The molecule has 0 amide bonds. The van der Waals surface area contributed by atoms with E-state index in [4.69, 9.17) is 17.2 Å². The van der Waals surface area contributed by atoms with Crippen molar-refractivity contribution in [2.24, 2.45) is 0 Å². The Hall–Kier alpha value is -1.63. The summed E-state index contributed by atoms with van der Waals surface area (Å²) in [5.41, 5.74) is 15.4. The average molecular weight is 169 g/mol. The zero-order chi connectivity index (χ0) is 8.97. The van der Waals surface area contributed by atoms with Gasteiger partial charge in [0.25, 0.3) is 0 Å². The lowest BCUT2D eigenvalue weighted by atomic mass is 10.9. The van der Waals surface area contributed by atoms with Crippen LogP contribution < -0.4 is 22.5 Å². The van der Waals surface area contributed by atoms with E-state index in [2.05, 4.69) is 20.3 Å². The van der Waals surface area contributed by atoms with Gasteiger partial charge in [-0.3, -0.25) is 0 Å². The third kappa shape index (κ3) is 3.52. The van der Waals surface area contributed by atoms with Gasteiger partial charge in [-0.2, -0.15) is 15.0 Å². The van der Waals surface area contributed by atoms with Crippen molar-refractivity contribution in [2.45, 2.75) is 0 Å². The third-order valence-electron chi connectivity index (χ3n) is 0.937. The quantitative estimate of drug-likeness (QED) is 0.336. The Labute approximate surface area is 69.4 Å². The van der Waals surface area contributed by atoms with Crippen LogP contribution in [0.5, 0.6) is 0 Å². The number of anilines is 3. The Balaban J connectivity index is 0.000000200. The van der Waals surface area contributed by atoms with Crippen molar-refractivity contribution >= 4 is 17.8 Å².